The third kappa shape index (κ3) is 6.77. The molecule has 3 saturated heterocycles. The van der Waals surface area contributed by atoms with Crippen LogP contribution in [0.15, 0.2) is 10.2 Å². The molecule has 0 N–H and O–H groups in total. The Kier molecular flexibility index (Phi) is 9.07. The number of carbonyl (C=O) groups excluding carboxylic acids is 1. The molecule has 0 amide bonds. The molecule has 3 rings (SSSR count). The molecule has 3 aliphatic rings. The topological polar surface area (TPSA) is 77.1 Å². The zero-order chi connectivity index (χ0) is 21.0. The van der Waals surface area contributed by atoms with Crippen LogP contribution in [0.4, 0.5) is 0 Å². The van der Waals surface area contributed by atoms with Gasteiger partial charge < -0.3 is 24.1 Å². The summed E-state index contributed by atoms with van der Waals surface area (Å²) < 4.78 is 24.2. The van der Waals surface area contributed by atoms with Crippen molar-refractivity contribution in [3.05, 3.63) is 10.2 Å². The van der Waals surface area contributed by atoms with Gasteiger partial charge in [-0.1, -0.05) is 12.7 Å². The Hall–Kier alpha value is 0.0700. The van der Waals surface area contributed by atoms with Crippen LogP contribution in [0.1, 0.15) is 57.8 Å². The Bertz CT molecular complexity index is 575. The van der Waals surface area contributed by atoms with Crippen LogP contribution in [0.3, 0.4) is 0 Å². The SMILES string of the molecule is C=C(I)CC(Cl)CCC1CCC(C2CC([O-])C3OC(CC(=O)OC)CCC3O2)O1. The van der Waals surface area contributed by atoms with E-state index in [1.54, 1.807) is 0 Å². The number of allylic oxidation sites excluding steroid dienone is 1. The lowest BCUT2D eigenvalue weighted by molar-refractivity contribution is -0.467. The first-order valence-electron chi connectivity index (χ1n) is 10.5. The molecule has 166 valence electrons. The van der Waals surface area contributed by atoms with Gasteiger partial charge in [0, 0.05) is 5.38 Å². The molecule has 0 radical (unpaired) electrons. The molecule has 3 fully saturated rings. The Morgan fingerprint density at radius 2 is 1.90 bits per heavy atom. The molecule has 6 nitrogen and oxygen atoms in total. The van der Waals surface area contributed by atoms with E-state index in [1.165, 1.54) is 7.11 Å². The predicted octanol–water partition coefficient (Wildman–Crippen LogP) is 3.26. The molecule has 3 aliphatic heterocycles. The molecule has 8 atom stereocenters. The van der Waals surface area contributed by atoms with Crippen LogP contribution >= 0.6 is 34.2 Å². The highest BCUT2D eigenvalue weighted by Gasteiger charge is 2.43. The molecule has 0 aromatic heterocycles. The van der Waals surface area contributed by atoms with Crippen molar-refractivity contribution < 1.29 is 28.8 Å². The average molecular weight is 542 g/mol. The highest BCUT2D eigenvalue weighted by atomic mass is 127. The maximum absolute atomic E-state index is 12.8. The average Bonchev–Trinajstić information content (AvgIpc) is 3.15. The van der Waals surface area contributed by atoms with Crippen LogP contribution in [0, 0.1) is 0 Å². The Morgan fingerprint density at radius 1 is 1.17 bits per heavy atom. The van der Waals surface area contributed by atoms with Gasteiger partial charge in [-0.2, -0.15) is 0 Å². The number of halogens is 2. The van der Waals surface area contributed by atoms with E-state index < -0.39 is 12.2 Å². The third-order valence-corrected chi connectivity index (χ3v) is 6.90. The van der Waals surface area contributed by atoms with Gasteiger partial charge in [-0.3, -0.25) is 4.79 Å². The van der Waals surface area contributed by atoms with E-state index in [0.29, 0.717) is 12.8 Å². The molecular formula is C21H31ClIO6-. The second kappa shape index (κ2) is 11.1. The Morgan fingerprint density at radius 3 is 2.62 bits per heavy atom. The molecule has 8 heteroatoms. The van der Waals surface area contributed by atoms with E-state index in [4.69, 9.17) is 30.5 Å². The van der Waals surface area contributed by atoms with Crippen LogP contribution in [0.5, 0.6) is 0 Å². The number of alkyl halides is 1. The maximum Gasteiger partial charge on any atom is 0.308 e. The van der Waals surface area contributed by atoms with E-state index in [1.807, 2.05) is 0 Å². The van der Waals surface area contributed by atoms with Gasteiger partial charge in [0.05, 0.1) is 50.2 Å². The second-order valence-corrected chi connectivity index (χ2v) is 10.5. The zero-order valence-corrected chi connectivity index (χ0v) is 19.8. The van der Waals surface area contributed by atoms with Crippen LogP contribution in [0.2, 0.25) is 0 Å². The first-order chi connectivity index (χ1) is 13.9. The molecule has 8 unspecified atom stereocenters. The number of methoxy groups -OCH3 is 1. The molecule has 0 saturated carbocycles. The van der Waals surface area contributed by atoms with Gasteiger partial charge >= 0.3 is 5.97 Å². The van der Waals surface area contributed by atoms with Crippen molar-refractivity contribution in [2.24, 2.45) is 0 Å². The molecule has 0 aliphatic carbocycles. The number of hydrogen-bond donors (Lipinski definition) is 0. The zero-order valence-electron chi connectivity index (χ0n) is 16.9. The largest absolute Gasteiger partial charge is 0.850 e. The molecule has 29 heavy (non-hydrogen) atoms. The molecule has 0 bridgehead atoms. The molecule has 0 aromatic carbocycles. The van der Waals surface area contributed by atoms with Crippen molar-refractivity contribution in [1.29, 1.82) is 0 Å². The summed E-state index contributed by atoms with van der Waals surface area (Å²) in [4.78, 5) is 11.5. The van der Waals surface area contributed by atoms with Gasteiger partial charge in [-0.25, -0.2) is 0 Å². The summed E-state index contributed by atoms with van der Waals surface area (Å²) in [5.41, 5.74) is 0. The first kappa shape index (κ1) is 23.7. The van der Waals surface area contributed by atoms with E-state index >= 15 is 0 Å². The van der Waals surface area contributed by atoms with Crippen molar-refractivity contribution >= 4 is 40.2 Å². The molecule has 3 heterocycles. The van der Waals surface area contributed by atoms with E-state index in [-0.39, 0.29) is 48.3 Å². The van der Waals surface area contributed by atoms with E-state index in [9.17, 15) is 9.90 Å². The number of hydrogen-bond acceptors (Lipinski definition) is 6. The number of ether oxygens (including phenoxy) is 4. The minimum absolute atomic E-state index is 0.0292. The highest BCUT2D eigenvalue weighted by Crippen LogP contribution is 2.37. The van der Waals surface area contributed by atoms with Crippen molar-refractivity contribution in [2.75, 3.05) is 7.11 Å². The second-order valence-electron chi connectivity index (χ2n) is 8.34. The van der Waals surface area contributed by atoms with Crippen molar-refractivity contribution in [3.63, 3.8) is 0 Å². The number of carbonyl (C=O) groups is 1. The number of fused-ring (bicyclic) bond motifs is 1. The summed E-state index contributed by atoms with van der Waals surface area (Å²) in [6.07, 6.45) is 4.70. The Balaban J connectivity index is 1.45. The monoisotopic (exact) mass is 541 g/mol. The highest BCUT2D eigenvalue weighted by molar-refractivity contribution is 14.1. The number of esters is 1. The summed E-state index contributed by atoms with van der Waals surface area (Å²) in [5.74, 6) is -0.308. The number of rotatable bonds is 8. The molecule has 0 aromatic rings. The summed E-state index contributed by atoms with van der Waals surface area (Å²) in [5, 5.41) is 12.9. The van der Waals surface area contributed by atoms with Gasteiger partial charge in [0.25, 0.3) is 0 Å². The lowest BCUT2D eigenvalue weighted by atomic mass is 9.88. The standard InChI is InChI=1S/C21H31ClIO6/c1-12(23)9-13(22)3-4-14-5-7-17(27-14)19-11-16(24)21-18(29-19)8-6-15(28-21)10-20(25)26-2/h13-19,21H,1,3-11H2,2H3/q-1. The first-order valence-corrected chi connectivity index (χ1v) is 12.0. The van der Waals surface area contributed by atoms with Crippen molar-refractivity contribution in [3.8, 4) is 0 Å². The van der Waals surface area contributed by atoms with Crippen molar-refractivity contribution in [1.82, 2.24) is 0 Å². The fourth-order valence-electron chi connectivity index (χ4n) is 4.60. The van der Waals surface area contributed by atoms with Gasteiger partial charge in [0.2, 0.25) is 0 Å². The molecular weight excluding hydrogens is 511 g/mol. The van der Waals surface area contributed by atoms with Gasteiger partial charge in [-0.05, 0) is 77.5 Å². The Labute approximate surface area is 191 Å². The van der Waals surface area contributed by atoms with E-state index in [0.717, 1.165) is 42.1 Å². The van der Waals surface area contributed by atoms with Crippen molar-refractivity contribution in [2.45, 2.75) is 106 Å². The van der Waals surface area contributed by atoms with Crippen LogP contribution in [-0.2, 0) is 23.7 Å². The fraction of sp³-hybridized carbons (Fsp3) is 0.857. The lowest BCUT2D eigenvalue weighted by Crippen LogP contribution is -2.60. The fourth-order valence-corrected chi connectivity index (χ4v) is 5.70. The van der Waals surface area contributed by atoms with Crippen LogP contribution in [0.25, 0.3) is 0 Å². The van der Waals surface area contributed by atoms with Gasteiger partial charge in [0.15, 0.2) is 0 Å². The summed E-state index contributed by atoms with van der Waals surface area (Å²) in [7, 11) is 1.36. The summed E-state index contributed by atoms with van der Waals surface area (Å²) in [6.45, 7) is 3.90. The van der Waals surface area contributed by atoms with Crippen LogP contribution < -0.4 is 5.11 Å². The smallest absolute Gasteiger partial charge is 0.308 e. The van der Waals surface area contributed by atoms with Gasteiger partial charge in [0.1, 0.15) is 0 Å². The minimum Gasteiger partial charge on any atom is -0.850 e. The van der Waals surface area contributed by atoms with Crippen LogP contribution in [-0.4, -0.2) is 61.2 Å². The molecule has 0 spiro atoms. The minimum atomic E-state index is -0.858. The lowest BCUT2D eigenvalue weighted by Gasteiger charge is -2.50. The maximum atomic E-state index is 12.8. The van der Waals surface area contributed by atoms with E-state index in [2.05, 4.69) is 29.2 Å². The quantitative estimate of drug-likeness (QED) is 0.267. The van der Waals surface area contributed by atoms with Gasteiger partial charge in [-0.15, -0.1) is 11.6 Å². The normalized spacial score (nSPS) is 38.3. The summed E-state index contributed by atoms with van der Waals surface area (Å²) >= 11 is 8.57. The predicted molar refractivity (Wildman–Crippen MR) is 116 cm³/mol. The summed E-state index contributed by atoms with van der Waals surface area (Å²) in [6, 6.07) is 0. The third-order valence-electron chi connectivity index (χ3n) is 6.09.